The lowest BCUT2D eigenvalue weighted by molar-refractivity contribution is 0.597. The van der Waals surface area contributed by atoms with Gasteiger partial charge in [-0.05, 0) is 56.2 Å². The molecule has 6 nitrogen and oxygen atoms in total. The van der Waals surface area contributed by atoms with E-state index < -0.39 is 10.0 Å². The number of hydrogen-bond acceptors (Lipinski definition) is 6. The first-order valence-corrected chi connectivity index (χ1v) is 11.4. The highest BCUT2D eigenvalue weighted by atomic mass is 32.2. The number of rotatable bonds is 5. The summed E-state index contributed by atoms with van der Waals surface area (Å²) in [6.07, 6.45) is 0.789. The molecule has 0 saturated carbocycles. The fourth-order valence-corrected chi connectivity index (χ4v) is 4.75. The fraction of sp³-hybridized carbons (Fsp3) is 0.250. The molecule has 1 aromatic heterocycles. The van der Waals surface area contributed by atoms with Crippen molar-refractivity contribution in [2.24, 2.45) is 5.14 Å². The maximum atomic E-state index is 11.6. The number of thiazole rings is 1. The van der Waals surface area contributed by atoms with E-state index in [2.05, 4.69) is 41.6 Å². The first kappa shape index (κ1) is 18.9. The highest BCUT2D eigenvalue weighted by molar-refractivity contribution is 7.89. The van der Waals surface area contributed by atoms with Gasteiger partial charge in [0.25, 0.3) is 0 Å². The van der Waals surface area contributed by atoms with Crippen LogP contribution in [0.15, 0.2) is 52.7 Å². The predicted molar refractivity (Wildman–Crippen MR) is 114 cm³/mol. The second-order valence-corrected chi connectivity index (χ2v) is 9.57. The third-order valence-corrected chi connectivity index (χ3v) is 6.64. The molecular weight excluding hydrogens is 392 g/mol. The van der Waals surface area contributed by atoms with Crippen molar-refractivity contribution in [2.45, 2.75) is 37.8 Å². The van der Waals surface area contributed by atoms with E-state index >= 15 is 0 Å². The maximum absolute atomic E-state index is 11.6. The minimum absolute atomic E-state index is 0.165. The number of primary sulfonamides is 1. The van der Waals surface area contributed by atoms with Gasteiger partial charge in [-0.25, -0.2) is 18.5 Å². The average molecular weight is 415 g/mol. The van der Waals surface area contributed by atoms with Crippen molar-refractivity contribution in [1.82, 2.24) is 4.98 Å². The first-order chi connectivity index (χ1) is 13.3. The number of nitrogens with zero attached hydrogens (tertiary/aromatic N) is 2. The summed E-state index contributed by atoms with van der Waals surface area (Å²) in [6.45, 7) is 4.87. The van der Waals surface area contributed by atoms with Crippen molar-refractivity contribution in [3.63, 3.8) is 0 Å². The number of aromatic nitrogens is 1. The normalized spacial score (nSPS) is 16.2. The Kier molecular flexibility index (Phi) is 4.86. The summed E-state index contributed by atoms with van der Waals surface area (Å²) in [7, 11) is -3.68. The third-order valence-electron chi connectivity index (χ3n) is 4.92. The molecule has 0 bridgehead atoms. The highest BCUT2D eigenvalue weighted by Crippen LogP contribution is 2.35. The lowest BCUT2D eigenvalue weighted by atomic mass is 10.1. The second-order valence-electron chi connectivity index (χ2n) is 7.15. The molecule has 0 spiro atoms. The molecule has 28 heavy (non-hydrogen) atoms. The number of anilines is 3. The van der Waals surface area contributed by atoms with Crippen LogP contribution in [-0.4, -0.2) is 19.4 Å². The molecule has 0 aliphatic carbocycles. The predicted octanol–water partition coefficient (Wildman–Crippen LogP) is 3.79. The van der Waals surface area contributed by atoms with Gasteiger partial charge < -0.3 is 10.2 Å². The molecule has 4 rings (SSSR count). The van der Waals surface area contributed by atoms with E-state index in [4.69, 9.17) is 10.1 Å². The van der Waals surface area contributed by atoms with Gasteiger partial charge in [0.15, 0.2) is 5.13 Å². The van der Waals surface area contributed by atoms with E-state index in [0.29, 0.717) is 6.54 Å². The second kappa shape index (κ2) is 7.20. The van der Waals surface area contributed by atoms with Crippen LogP contribution < -0.4 is 15.4 Å². The number of sulfonamides is 1. The summed E-state index contributed by atoms with van der Waals surface area (Å²) in [5.41, 5.74) is 5.27. The van der Waals surface area contributed by atoms with Crippen LogP contribution in [-0.2, 0) is 23.0 Å². The lowest BCUT2D eigenvalue weighted by Gasteiger charge is -2.24. The quantitative estimate of drug-likeness (QED) is 0.663. The number of nitrogens with one attached hydrogen (secondary N) is 1. The molecule has 3 N–H and O–H groups in total. The first-order valence-electron chi connectivity index (χ1n) is 9.00. The minimum atomic E-state index is -3.68. The van der Waals surface area contributed by atoms with E-state index in [0.717, 1.165) is 34.2 Å². The van der Waals surface area contributed by atoms with E-state index in [-0.39, 0.29) is 10.9 Å². The molecule has 1 aliphatic rings. The molecule has 0 fully saturated rings. The fourth-order valence-electron chi connectivity index (χ4n) is 3.46. The van der Waals surface area contributed by atoms with Crippen LogP contribution in [0.3, 0.4) is 0 Å². The van der Waals surface area contributed by atoms with E-state index in [1.807, 2.05) is 18.2 Å². The molecule has 0 unspecified atom stereocenters. The Morgan fingerprint density at radius 3 is 2.71 bits per heavy atom. The zero-order valence-corrected chi connectivity index (χ0v) is 17.3. The van der Waals surface area contributed by atoms with Crippen molar-refractivity contribution in [3.05, 3.63) is 64.7 Å². The monoisotopic (exact) mass is 414 g/mol. The largest absolute Gasteiger partial charge is 0.362 e. The lowest BCUT2D eigenvalue weighted by Crippen LogP contribution is -2.28. The summed E-state index contributed by atoms with van der Waals surface area (Å²) in [5.74, 6) is 0. The van der Waals surface area contributed by atoms with E-state index in [1.54, 1.807) is 23.5 Å². The average Bonchev–Trinajstić information content (AvgIpc) is 3.20. The van der Waals surface area contributed by atoms with Crippen LogP contribution in [0, 0.1) is 6.92 Å². The zero-order chi connectivity index (χ0) is 19.9. The van der Waals surface area contributed by atoms with Crippen LogP contribution >= 0.6 is 11.3 Å². The van der Waals surface area contributed by atoms with Gasteiger partial charge >= 0.3 is 0 Å². The molecule has 0 amide bonds. The van der Waals surface area contributed by atoms with Crippen LogP contribution in [0.5, 0.6) is 0 Å². The molecule has 1 atom stereocenters. The molecule has 146 valence electrons. The van der Waals surface area contributed by atoms with Gasteiger partial charge in [0, 0.05) is 22.8 Å². The van der Waals surface area contributed by atoms with Crippen LogP contribution in [0.2, 0.25) is 0 Å². The summed E-state index contributed by atoms with van der Waals surface area (Å²) in [5, 5.41) is 11.5. The summed E-state index contributed by atoms with van der Waals surface area (Å²) in [4.78, 5) is 7.13. The van der Waals surface area contributed by atoms with Gasteiger partial charge in [-0.1, -0.05) is 17.7 Å². The Bertz CT molecular complexity index is 1110. The molecule has 2 aromatic carbocycles. The number of fused-ring (bicyclic) bond motifs is 1. The van der Waals surface area contributed by atoms with Gasteiger partial charge in [0.2, 0.25) is 10.0 Å². The number of aryl methyl sites for hydroxylation is 1. The topological polar surface area (TPSA) is 88.3 Å². The van der Waals surface area contributed by atoms with Gasteiger partial charge in [-0.3, -0.25) is 0 Å². The van der Waals surface area contributed by atoms with Crippen LogP contribution in [0.4, 0.5) is 16.5 Å². The maximum Gasteiger partial charge on any atom is 0.238 e. The Morgan fingerprint density at radius 1 is 1.25 bits per heavy atom. The summed E-state index contributed by atoms with van der Waals surface area (Å²) in [6, 6.07) is 13.6. The molecule has 2 heterocycles. The van der Waals surface area contributed by atoms with E-state index in [9.17, 15) is 8.42 Å². The highest BCUT2D eigenvalue weighted by Gasteiger charge is 2.27. The zero-order valence-electron chi connectivity index (χ0n) is 15.7. The Morgan fingerprint density at radius 2 is 2.00 bits per heavy atom. The van der Waals surface area contributed by atoms with Crippen molar-refractivity contribution in [3.8, 4) is 0 Å². The van der Waals surface area contributed by atoms with Crippen LogP contribution in [0.25, 0.3) is 0 Å². The van der Waals surface area contributed by atoms with E-state index in [1.165, 1.54) is 5.56 Å². The number of nitrogens with two attached hydrogens (primary N) is 1. The third kappa shape index (κ3) is 3.89. The van der Waals surface area contributed by atoms with Crippen LogP contribution in [0.1, 0.15) is 23.7 Å². The van der Waals surface area contributed by atoms with Crippen molar-refractivity contribution < 1.29 is 8.42 Å². The molecule has 0 radical (unpaired) electrons. The molecule has 0 saturated heterocycles. The Labute approximate surface area is 169 Å². The standard InChI is InChI=1S/C20H22N4O2S2/c1-13-3-5-16(6-4-13)22-20-23-17(12-27-20)11-24-14(2)9-15-10-18(28(21,25)26)7-8-19(15)24/h3-8,10,12,14H,9,11H2,1-2H3,(H,22,23)(H2,21,25,26)/t14-/m1/s1. The molecule has 3 aromatic rings. The summed E-state index contributed by atoms with van der Waals surface area (Å²) >= 11 is 1.58. The molecular formula is C20H22N4O2S2. The van der Waals surface area contributed by atoms with Gasteiger partial charge in [0.1, 0.15) is 0 Å². The number of hydrogen-bond donors (Lipinski definition) is 2. The van der Waals surface area contributed by atoms with Crippen molar-refractivity contribution in [1.29, 1.82) is 0 Å². The van der Waals surface area contributed by atoms with Crippen molar-refractivity contribution >= 4 is 37.9 Å². The SMILES string of the molecule is Cc1ccc(Nc2nc(CN3c4ccc(S(N)(=O)=O)cc4C[C@H]3C)cs2)cc1. The summed E-state index contributed by atoms with van der Waals surface area (Å²) < 4.78 is 23.2. The smallest absolute Gasteiger partial charge is 0.238 e. The molecule has 8 heteroatoms. The Hall–Kier alpha value is -2.42. The molecule has 1 aliphatic heterocycles. The minimum Gasteiger partial charge on any atom is -0.362 e. The number of benzene rings is 2. The van der Waals surface area contributed by atoms with Gasteiger partial charge in [-0.15, -0.1) is 11.3 Å². The Balaban J connectivity index is 1.51. The van der Waals surface area contributed by atoms with Gasteiger partial charge in [-0.2, -0.15) is 0 Å². The van der Waals surface area contributed by atoms with Gasteiger partial charge in [0.05, 0.1) is 17.1 Å². The van der Waals surface area contributed by atoms with Crippen molar-refractivity contribution in [2.75, 3.05) is 10.2 Å².